The Hall–Kier alpha value is -3.87. The number of halogens is 2. The maximum Gasteiger partial charge on any atom is 0.312 e. The van der Waals surface area contributed by atoms with Crippen LogP contribution in [-0.4, -0.2) is 101 Å². The maximum absolute atomic E-state index is 14.0. The fraction of sp³-hybridized carbons (Fsp3) is 0.480. The highest BCUT2D eigenvalue weighted by Gasteiger charge is 2.31. The molecule has 13 heteroatoms. The number of amides is 2. The summed E-state index contributed by atoms with van der Waals surface area (Å²) in [5, 5.41) is 3.31. The lowest BCUT2D eigenvalue weighted by Crippen LogP contribution is -2.41. The standard InChI is InChI=1S/C25H30F2N8O3/c1-32(2)23(36)24(37)34-8-7-16(15-34)14-28-19-13-20(31-25(30-19)33-9-11-38-12-10-33)35-18-6-4-3-5-17(18)29-22(35)21(26)27/h3-6,13,16,21H,7-12,14-15H2,1-2H3,(H,28,30,31)/t16-/m1/s1. The molecule has 38 heavy (non-hydrogen) atoms. The van der Waals surface area contributed by atoms with Crippen LogP contribution in [0.2, 0.25) is 0 Å². The van der Waals surface area contributed by atoms with E-state index in [-0.39, 0.29) is 17.6 Å². The number of morpholine rings is 1. The molecule has 5 rings (SSSR count). The molecule has 0 spiro atoms. The Kier molecular flexibility index (Phi) is 7.36. The molecule has 0 unspecified atom stereocenters. The minimum absolute atomic E-state index is 0.102. The Balaban J connectivity index is 1.42. The molecular formula is C25H30F2N8O3. The number of alkyl halides is 2. The van der Waals surface area contributed by atoms with Gasteiger partial charge in [-0.1, -0.05) is 12.1 Å². The second-order valence-corrected chi connectivity index (χ2v) is 9.59. The van der Waals surface area contributed by atoms with Crippen molar-refractivity contribution in [3.8, 4) is 5.82 Å². The molecule has 0 aliphatic carbocycles. The molecule has 1 N–H and O–H groups in total. The SMILES string of the molecule is CN(C)C(=O)C(=O)N1CC[C@H](CNc2cc(-n3c(C(F)F)nc4ccccc43)nc(N3CCOCC3)n2)C1. The van der Waals surface area contributed by atoms with E-state index < -0.39 is 18.2 Å². The van der Waals surface area contributed by atoms with Crippen LogP contribution in [-0.2, 0) is 14.3 Å². The number of nitrogens with one attached hydrogen (secondary N) is 1. The number of fused-ring (bicyclic) bond motifs is 1. The second kappa shape index (κ2) is 10.9. The number of likely N-dealkylation sites (tertiary alicyclic amines) is 1. The lowest BCUT2D eigenvalue weighted by molar-refractivity contribution is -0.149. The third-order valence-corrected chi connectivity index (χ3v) is 6.74. The summed E-state index contributed by atoms with van der Waals surface area (Å²) < 4.78 is 34.9. The van der Waals surface area contributed by atoms with E-state index in [1.54, 1.807) is 49.3 Å². The van der Waals surface area contributed by atoms with Crippen LogP contribution in [0.1, 0.15) is 18.7 Å². The molecule has 2 amide bonds. The summed E-state index contributed by atoms with van der Waals surface area (Å²) in [6, 6.07) is 8.58. The molecule has 2 fully saturated rings. The molecule has 2 aliphatic heterocycles. The molecule has 0 radical (unpaired) electrons. The zero-order valence-corrected chi connectivity index (χ0v) is 21.3. The van der Waals surface area contributed by atoms with E-state index in [0.29, 0.717) is 68.7 Å². The first kappa shape index (κ1) is 25.8. The Labute approximate surface area is 218 Å². The highest BCUT2D eigenvalue weighted by atomic mass is 19.3. The van der Waals surface area contributed by atoms with E-state index in [1.165, 1.54) is 9.47 Å². The van der Waals surface area contributed by atoms with Crippen LogP contribution in [0.15, 0.2) is 30.3 Å². The van der Waals surface area contributed by atoms with Crippen molar-refractivity contribution in [3.05, 3.63) is 36.2 Å². The van der Waals surface area contributed by atoms with Gasteiger partial charge in [0.25, 0.3) is 6.43 Å². The van der Waals surface area contributed by atoms with Crippen molar-refractivity contribution in [2.75, 3.05) is 70.2 Å². The predicted octanol–water partition coefficient (Wildman–Crippen LogP) is 1.94. The Morgan fingerprint density at radius 1 is 1.13 bits per heavy atom. The molecule has 1 aromatic carbocycles. The van der Waals surface area contributed by atoms with Crippen LogP contribution in [0.4, 0.5) is 20.5 Å². The normalized spacial score (nSPS) is 17.9. The summed E-state index contributed by atoms with van der Waals surface area (Å²) >= 11 is 0. The van der Waals surface area contributed by atoms with Crippen molar-refractivity contribution in [3.63, 3.8) is 0 Å². The summed E-state index contributed by atoms with van der Waals surface area (Å²) in [6.45, 7) is 3.63. The van der Waals surface area contributed by atoms with Crippen LogP contribution in [0.5, 0.6) is 0 Å². The summed E-state index contributed by atoms with van der Waals surface area (Å²) in [5.74, 6) is -0.175. The number of likely N-dealkylation sites (N-methyl/N-ethyl adjacent to an activating group) is 1. The minimum Gasteiger partial charge on any atom is -0.378 e. The summed E-state index contributed by atoms with van der Waals surface area (Å²) in [4.78, 5) is 42.7. The lowest BCUT2D eigenvalue weighted by atomic mass is 10.1. The number of imidazole rings is 1. The highest BCUT2D eigenvalue weighted by Crippen LogP contribution is 2.29. The van der Waals surface area contributed by atoms with Crippen molar-refractivity contribution in [1.29, 1.82) is 0 Å². The van der Waals surface area contributed by atoms with Gasteiger partial charge in [-0.15, -0.1) is 0 Å². The van der Waals surface area contributed by atoms with Gasteiger partial charge in [-0.2, -0.15) is 9.97 Å². The number of benzene rings is 1. The van der Waals surface area contributed by atoms with Crippen LogP contribution in [0.25, 0.3) is 16.9 Å². The number of carbonyl (C=O) groups excluding carboxylic acids is 2. The molecule has 2 saturated heterocycles. The molecular weight excluding hydrogens is 498 g/mol. The molecule has 4 heterocycles. The van der Waals surface area contributed by atoms with Gasteiger partial charge in [0.1, 0.15) is 11.6 Å². The minimum atomic E-state index is -2.80. The smallest absolute Gasteiger partial charge is 0.312 e. The molecule has 2 aromatic heterocycles. The fourth-order valence-corrected chi connectivity index (χ4v) is 4.72. The summed E-state index contributed by atoms with van der Waals surface area (Å²) in [5.41, 5.74) is 0.975. The number of nitrogens with zero attached hydrogens (tertiary/aromatic N) is 7. The number of rotatable bonds is 6. The van der Waals surface area contributed by atoms with E-state index >= 15 is 0 Å². The van der Waals surface area contributed by atoms with Crippen LogP contribution in [0.3, 0.4) is 0 Å². The van der Waals surface area contributed by atoms with Crippen LogP contribution < -0.4 is 10.2 Å². The first-order valence-corrected chi connectivity index (χ1v) is 12.5. The van der Waals surface area contributed by atoms with Crippen LogP contribution >= 0.6 is 0 Å². The molecule has 0 bridgehead atoms. The predicted molar refractivity (Wildman–Crippen MR) is 137 cm³/mol. The molecule has 1 atom stereocenters. The first-order valence-electron chi connectivity index (χ1n) is 12.5. The number of ether oxygens (including phenoxy) is 1. The number of aromatic nitrogens is 4. The van der Waals surface area contributed by atoms with Gasteiger partial charge in [-0.05, 0) is 24.5 Å². The van der Waals surface area contributed by atoms with Gasteiger partial charge < -0.3 is 24.8 Å². The molecule has 2 aliphatic rings. The van der Waals surface area contributed by atoms with E-state index in [4.69, 9.17) is 4.74 Å². The van der Waals surface area contributed by atoms with Gasteiger partial charge in [0, 0.05) is 52.9 Å². The Bertz CT molecular complexity index is 1330. The van der Waals surface area contributed by atoms with Gasteiger partial charge in [0.15, 0.2) is 5.82 Å². The van der Waals surface area contributed by atoms with Crippen LogP contribution in [0, 0.1) is 5.92 Å². The zero-order valence-electron chi connectivity index (χ0n) is 21.3. The van der Waals surface area contributed by atoms with Gasteiger partial charge in [-0.25, -0.2) is 13.8 Å². The molecule has 11 nitrogen and oxygen atoms in total. The van der Waals surface area contributed by atoms with Crippen molar-refractivity contribution in [2.24, 2.45) is 5.92 Å². The highest BCUT2D eigenvalue weighted by molar-refractivity contribution is 6.34. The van der Waals surface area contributed by atoms with Gasteiger partial charge >= 0.3 is 11.8 Å². The number of carbonyl (C=O) groups is 2. The summed E-state index contributed by atoms with van der Waals surface area (Å²) in [7, 11) is 3.11. The third kappa shape index (κ3) is 5.23. The van der Waals surface area contributed by atoms with Gasteiger partial charge in [-0.3, -0.25) is 14.2 Å². The van der Waals surface area contributed by atoms with Gasteiger partial charge in [0.2, 0.25) is 5.95 Å². The second-order valence-electron chi connectivity index (χ2n) is 9.59. The number of anilines is 2. The average Bonchev–Trinajstić information content (AvgIpc) is 3.56. The number of para-hydroxylation sites is 2. The van der Waals surface area contributed by atoms with Crippen molar-refractivity contribution < 1.29 is 23.1 Å². The lowest BCUT2D eigenvalue weighted by Gasteiger charge is -2.27. The van der Waals surface area contributed by atoms with E-state index in [1.807, 2.05) is 4.90 Å². The zero-order chi connectivity index (χ0) is 26.8. The van der Waals surface area contributed by atoms with Crippen molar-refractivity contribution >= 4 is 34.6 Å². The monoisotopic (exact) mass is 528 g/mol. The number of hydrogen-bond donors (Lipinski definition) is 1. The molecule has 3 aromatic rings. The Morgan fingerprint density at radius 3 is 2.63 bits per heavy atom. The van der Waals surface area contributed by atoms with Gasteiger partial charge in [0.05, 0.1) is 24.2 Å². The molecule has 202 valence electrons. The maximum atomic E-state index is 14.0. The van der Waals surface area contributed by atoms with Crippen molar-refractivity contribution in [2.45, 2.75) is 12.8 Å². The largest absolute Gasteiger partial charge is 0.378 e. The third-order valence-electron chi connectivity index (χ3n) is 6.74. The first-order chi connectivity index (χ1) is 18.3. The average molecular weight is 529 g/mol. The van der Waals surface area contributed by atoms with E-state index in [9.17, 15) is 18.4 Å². The quantitative estimate of drug-likeness (QED) is 0.484. The number of hydrogen-bond acceptors (Lipinski definition) is 8. The molecule has 0 saturated carbocycles. The Morgan fingerprint density at radius 2 is 1.89 bits per heavy atom. The fourth-order valence-electron chi connectivity index (χ4n) is 4.72. The van der Waals surface area contributed by atoms with Crippen molar-refractivity contribution in [1.82, 2.24) is 29.3 Å². The summed E-state index contributed by atoms with van der Waals surface area (Å²) in [6.07, 6.45) is -2.07. The van der Waals surface area contributed by atoms with E-state index in [0.717, 1.165) is 6.42 Å². The topological polar surface area (TPSA) is 109 Å². The van der Waals surface area contributed by atoms with E-state index in [2.05, 4.69) is 20.3 Å².